The maximum Gasteiger partial charge on any atom is 0.347 e. The van der Waals surface area contributed by atoms with Crippen LogP contribution in [0.1, 0.15) is 44.9 Å². The first-order valence-electron chi connectivity index (χ1n) is 10.5. The summed E-state index contributed by atoms with van der Waals surface area (Å²) < 4.78 is 12.9. The van der Waals surface area contributed by atoms with Crippen molar-refractivity contribution >= 4 is 28.5 Å². The molecule has 162 valence electrons. The number of hydrogen-bond acceptors (Lipinski definition) is 5. The molecule has 0 bridgehead atoms. The van der Waals surface area contributed by atoms with Gasteiger partial charge in [-0.25, -0.2) is 9.59 Å². The van der Waals surface area contributed by atoms with Crippen molar-refractivity contribution in [1.29, 1.82) is 0 Å². The first-order chi connectivity index (χ1) is 15.4. The van der Waals surface area contributed by atoms with E-state index in [1.54, 1.807) is 23.7 Å². The van der Waals surface area contributed by atoms with Gasteiger partial charge in [-0.15, -0.1) is 0 Å². The van der Waals surface area contributed by atoms with Crippen LogP contribution in [0.5, 0.6) is 5.75 Å². The Kier molecular flexibility index (Phi) is 5.10. The molecule has 2 aromatic carbocycles. The van der Waals surface area contributed by atoms with E-state index in [0.29, 0.717) is 39.9 Å². The summed E-state index contributed by atoms with van der Waals surface area (Å²) in [4.78, 5) is 25.2. The monoisotopic (exact) mass is 448 g/mol. The first kappa shape index (κ1) is 20.5. The highest BCUT2D eigenvalue weighted by atomic mass is 35.5. The van der Waals surface area contributed by atoms with Crippen LogP contribution in [0.15, 0.2) is 51.7 Å². The molecule has 2 aromatic heterocycles. The van der Waals surface area contributed by atoms with Crippen LogP contribution in [0.3, 0.4) is 0 Å². The summed E-state index contributed by atoms with van der Waals surface area (Å²) in [5.41, 5.74) is 4.53. The van der Waals surface area contributed by atoms with Gasteiger partial charge in [0.25, 0.3) is 0 Å². The lowest BCUT2D eigenvalue weighted by Gasteiger charge is -2.09. The second-order valence-electron chi connectivity index (χ2n) is 8.04. The molecule has 0 saturated carbocycles. The Morgan fingerprint density at radius 3 is 2.75 bits per heavy atom. The van der Waals surface area contributed by atoms with Gasteiger partial charge in [-0.2, -0.15) is 5.10 Å². The molecule has 0 radical (unpaired) electrons. The van der Waals surface area contributed by atoms with Gasteiger partial charge < -0.3 is 9.15 Å². The number of aryl methyl sites for hydroxylation is 2. The average Bonchev–Trinajstić information content (AvgIpc) is 3.35. The lowest BCUT2D eigenvalue weighted by Crippen LogP contribution is -2.12. The Hall–Kier alpha value is -3.38. The Labute approximate surface area is 189 Å². The summed E-state index contributed by atoms with van der Waals surface area (Å²) in [6.45, 7) is 4.05. The number of aromatic nitrogens is 2. The van der Waals surface area contributed by atoms with Gasteiger partial charge >= 0.3 is 11.6 Å². The van der Waals surface area contributed by atoms with Crippen LogP contribution in [0.4, 0.5) is 0 Å². The van der Waals surface area contributed by atoms with Gasteiger partial charge in [0, 0.05) is 22.0 Å². The van der Waals surface area contributed by atoms with Gasteiger partial charge in [-0.05, 0) is 62.4 Å². The SMILES string of the molecule is Cc1nn(Cc2ccccc2Cl)c(C)c1C(=O)Oc1ccc2c3c(c(=O)oc2c1)CCC3. The smallest absolute Gasteiger partial charge is 0.347 e. The fourth-order valence-corrected chi connectivity index (χ4v) is 4.62. The largest absolute Gasteiger partial charge is 0.423 e. The molecular weight excluding hydrogens is 428 g/mol. The van der Waals surface area contributed by atoms with Crippen LogP contribution in [0.2, 0.25) is 5.02 Å². The van der Waals surface area contributed by atoms with Gasteiger partial charge in [-0.3, -0.25) is 4.68 Å². The van der Waals surface area contributed by atoms with Crippen LogP contribution in [0.25, 0.3) is 11.0 Å². The number of ether oxygens (including phenoxy) is 1. The summed E-state index contributed by atoms with van der Waals surface area (Å²) in [5, 5.41) is 6.05. The van der Waals surface area contributed by atoms with E-state index in [9.17, 15) is 9.59 Å². The summed E-state index contributed by atoms with van der Waals surface area (Å²) in [5.74, 6) is -0.186. The molecule has 0 unspecified atom stereocenters. The summed E-state index contributed by atoms with van der Waals surface area (Å²) in [6.07, 6.45) is 2.56. The Balaban J connectivity index is 1.43. The number of benzene rings is 2. The van der Waals surface area contributed by atoms with E-state index in [1.807, 2.05) is 37.3 Å². The van der Waals surface area contributed by atoms with Crippen molar-refractivity contribution in [3.8, 4) is 5.75 Å². The standard InChI is InChI=1S/C25H21ClN2O4/c1-14-23(15(2)28(27-14)13-16-6-3-4-9-21(16)26)25(30)31-17-10-11-19-18-7-5-8-20(18)24(29)32-22(19)12-17/h3-4,6,9-12H,5,7-8,13H2,1-2H3. The van der Waals surface area contributed by atoms with E-state index < -0.39 is 5.97 Å². The Morgan fingerprint density at radius 2 is 1.94 bits per heavy atom. The van der Waals surface area contributed by atoms with Crippen LogP contribution in [-0.4, -0.2) is 15.7 Å². The van der Waals surface area contributed by atoms with Gasteiger partial charge in [0.05, 0.1) is 17.9 Å². The summed E-state index contributed by atoms with van der Waals surface area (Å²) in [6, 6.07) is 12.7. The van der Waals surface area contributed by atoms with Crippen molar-refractivity contribution in [3.63, 3.8) is 0 Å². The highest BCUT2D eigenvalue weighted by Gasteiger charge is 2.23. The van der Waals surface area contributed by atoms with Crippen molar-refractivity contribution in [2.75, 3.05) is 0 Å². The quantitative estimate of drug-likeness (QED) is 0.249. The number of rotatable bonds is 4. The molecule has 32 heavy (non-hydrogen) atoms. The zero-order valence-corrected chi connectivity index (χ0v) is 18.5. The Morgan fingerprint density at radius 1 is 1.16 bits per heavy atom. The molecule has 0 atom stereocenters. The van der Waals surface area contributed by atoms with E-state index in [2.05, 4.69) is 5.10 Å². The van der Waals surface area contributed by atoms with Gasteiger partial charge in [0.15, 0.2) is 0 Å². The van der Waals surface area contributed by atoms with Crippen molar-refractivity contribution in [1.82, 2.24) is 9.78 Å². The Bertz CT molecular complexity index is 1430. The third-order valence-corrected chi connectivity index (χ3v) is 6.39. The molecule has 2 heterocycles. The average molecular weight is 449 g/mol. The van der Waals surface area contributed by atoms with E-state index in [0.717, 1.165) is 41.3 Å². The molecule has 6 nitrogen and oxygen atoms in total. The number of carbonyl (C=O) groups is 1. The molecule has 0 N–H and O–H groups in total. The minimum Gasteiger partial charge on any atom is -0.423 e. The van der Waals surface area contributed by atoms with Gasteiger partial charge in [-0.1, -0.05) is 29.8 Å². The molecule has 0 aliphatic heterocycles. The number of hydrogen-bond donors (Lipinski definition) is 0. The molecule has 0 saturated heterocycles. The fourth-order valence-electron chi connectivity index (χ4n) is 4.42. The summed E-state index contributed by atoms with van der Waals surface area (Å²) in [7, 11) is 0. The van der Waals surface area contributed by atoms with E-state index in [1.165, 1.54) is 0 Å². The van der Waals surface area contributed by atoms with Crippen molar-refractivity contribution in [2.45, 2.75) is 39.7 Å². The van der Waals surface area contributed by atoms with E-state index in [4.69, 9.17) is 20.8 Å². The maximum absolute atomic E-state index is 13.0. The molecule has 1 aliphatic rings. The van der Waals surface area contributed by atoms with E-state index in [-0.39, 0.29) is 5.63 Å². The zero-order valence-electron chi connectivity index (χ0n) is 17.8. The highest BCUT2D eigenvalue weighted by Crippen LogP contribution is 2.30. The number of fused-ring (bicyclic) bond motifs is 3. The summed E-state index contributed by atoms with van der Waals surface area (Å²) >= 11 is 6.27. The molecule has 0 amide bonds. The lowest BCUT2D eigenvalue weighted by atomic mass is 10.1. The van der Waals surface area contributed by atoms with Crippen molar-refractivity contribution in [3.05, 3.63) is 91.5 Å². The predicted octanol–water partition coefficient (Wildman–Crippen LogP) is 5.02. The fraction of sp³-hybridized carbons (Fsp3) is 0.240. The highest BCUT2D eigenvalue weighted by molar-refractivity contribution is 6.31. The van der Waals surface area contributed by atoms with Crippen LogP contribution in [-0.2, 0) is 19.4 Å². The molecule has 0 spiro atoms. The van der Waals surface area contributed by atoms with Crippen LogP contribution >= 0.6 is 11.6 Å². The topological polar surface area (TPSA) is 74.3 Å². The second kappa shape index (κ2) is 7.95. The minimum atomic E-state index is -0.506. The lowest BCUT2D eigenvalue weighted by molar-refractivity contribution is 0.0733. The normalized spacial score (nSPS) is 12.8. The first-order valence-corrected chi connectivity index (χ1v) is 10.9. The molecular formula is C25H21ClN2O4. The predicted molar refractivity (Wildman–Crippen MR) is 122 cm³/mol. The number of esters is 1. The second-order valence-corrected chi connectivity index (χ2v) is 8.45. The van der Waals surface area contributed by atoms with Gasteiger partial charge in [0.1, 0.15) is 16.9 Å². The molecule has 4 aromatic rings. The molecule has 1 aliphatic carbocycles. The third kappa shape index (κ3) is 3.50. The van der Waals surface area contributed by atoms with E-state index >= 15 is 0 Å². The molecule has 5 rings (SSSR count). The maximum atomic E-state index is 13.0. The minimum absolute atomic E-state index is 0.305. The number of halogens is 1. The van der Waals surface area contributed by atoms with Crippen molar-refractivity contribution in [2.24, 2.45) is 0 Å². The third-order valence-electron chi connectivity index (χ3n) is 6.02. The molecule has 7 heteroatoms. The van der Waals surface area contributed by atoms with Crippen LogP contribution in [0, 0.1) is 13.8 Å². The number of nitrogens with zero attached hydrogens (tertiary/aromatic N) is 2. The molecule has 0 fully saturated rings. The van der Waals surface area contributed by atoms with Crippen molar-refractivity contribution < 1.29 is 13.9 Å². The van der Waals surface area contributed by atoms with Gasteiger partial charge in [0.2, 0.25) is 0 Å². The number of carbonyl (C=O) groups excluding carboxylic acids is 1. The van der Waals surface area contributed by atoms with Crippen LogP contribution < -0.4 is 10.4 Å². The zero-order chi connectivity index (χ0) is 22.4.